The highest BCUT2D eigenvalue weighted by Gasteiger charge is 2.22. The van der Waals surface area contributed by atoms with Gasteiger partial charge in [0.1, 0.15) is 13.2 Å². The zero-order valence-corrected chi connectivity index (χ0v) is 36.4. The normalized spacial score (nSPS) is 11.2. The van der Waals surface area contributed by atoms with Gasteiger partial charge < -0.3 is 33.7 Å². The summed E-state index contributed by atoms with van der Waals surface area (Å²) in [5, 5.41) is 3.03. The summed E-state index contributed by atoms with van der Waals surface area (Å²) >= 11 is 0. The standard InChI is InChI=1S/C48H77NO9/c1-4-6-8-10-12-14-16-18-20-22-30-53-32-34-55-36-38-57-47(51)44-29-26-42(46(50)41-24-27-43(49-3)28-25-41)40-45(44)48(52)58-39-37-56-35-33-54-31-23-21-19-17-15-13-11-9-7-5-2/h24-29,40,49H,4-23,30-39H2,1-3H3. The molecule has 1 N–H and O–H groups in total. The smallest absolute Gasteiger partial charge is 0.339 e. The van der Waals surface area contributed by atoms with Gasteiger partial charge in [-0.25, -0.2) is 9.59 Å². The summed E-state index contributed by atoms with van der Waals surface area (Å²) in [5.41, 5.74) is 1.51. The molecule has 10 nitrogen and oxygen atoms in total. The van der Waals surface area contributed by atoms with Gasteiger partial charge in [-0.2, -0.15) is 0 Å². The fraction of sp³-hybridized carbons (Fsp3) is 0.688. The lowest BCUT2D eigenvalue weighted by Crippen LogP contribution is -2.19. The third kappa shape index (κ3) is 24.6. The summed E-state index contributed by atoms with van der Waals surface area (Å²) in [5.74, 6) is -1.74. The number of hydrogen-bond acceptors (Lipinski definition) is 10. The maximum Gasteiger partial charge on any atom is 0.339 e. The Balaban J connectivity index is 1.71. The summed E-state index contributed by atoms with van der Waals surface area (Å²) in [6.07, 6.45) is 25.7. The third-order valence-electron chi connectivity index (χ3n) is 10.1. The summed E-state index contributed by atoms with van der Waals surface area (Å²) in [6, 6.07) is 11.3. The van der Waals surface area contributed by atoms with Crippen molar-refractivity contribution in [1.29, 1.82) is 0 Å². The van der Waals surface area contributed by atoms with Gasteiger partial charge >= 0.3 is 11.9 Å². The molecule has 0 aliphatic carbocycles. The molecule has 0 bridgehead atoms. The second-order valence-corrected chi connectivity index (χ2v) is 15.0. The van der Waals surface area contributed by atoms with Crippen LogP contribution in [0.15, 0.2) is 42.5 Å². The predicted octanol–water partition coefficient (Wildman–Crippen LogP) is 11.2. The van der Waals surface area contributed by atoms with E-state index >= 15 is 0 Å². The largest absolute Gasteiger partial charge is 0.460 e. The zero-order chi connectivity index (χ0) is 41.7. The zero-order valence-electron chi connectivity index (χ0n) is 36.4. The monoisotopic (exact) mass is 812 g/mol. The molecule has 328 valence electrons. The first-order chi connectivity index (χ1) is 28.5. The van der Waals surface area contributed by atoms with Gasteiger partial charge in [-0.05, 0) is 49.2 Å². The van der Waals surface area contributed by atoms with E-state index in [1.807, 2.05) is 0 Å². The topological polar surface area (TPSA) is 119 Å². The van der Waals surface area contributed by atoms with Gasteiger partial charge in [0.25, 0.3) is 0 Å². The number of rotatable bonds is 39. The number of ether oxygens (including phenoxy) is 6. The molecule has 0 atom stereocenters. The molecular formula is C48H77NO9. The van der Waals surface area contributed by atoms with Gasteiger partial charge in [0, 0.05) is 37.1 Å². The van der Waals surface area contributed by atoms with Crippen molar-refractivity contribution in [3.63, 3.8) is 0 Å². The number of nitrogens with one attached hydrogen (secondary N) is 1. The Bertz CT molecular complexity index is 1330. The number of anilines is 1. The summed E-state index contributed by atoms with van der Waals surface area (Å²) in [7, 11) is 1.80. The summed E-state index contributed by atoms with van der Waals surface area (Å²) < 4.78 is 33.5. The fourth-order valence-electron chi connectivity index (χ4n) is 6.56. The van der Waals surface area contributed by atoms with Crippen LogP contribution in [-0.4, -0.2) is 90.8 Å². The minimum absolute atomic E-state index is 0.000630. The van der Waals surface area contributed by atoms with Gasteiger partial charge in [-0.3, -0.25) is 4.79 Å². The van der Waals surface area contributed by atoms with Crippen molar-refractivity contribution < 1.29 is 42.8 Å². The van der Waals surface area contributed by atoms with E-state index in [1.165, 1.54) is 134 Å². The molecule has 0 fully saturated rings. The molecule has 0 radical (unpaired) electrons. The molecule has 2 rings (SSSR count). The van der Waals surface area contributed by atoms with Gasteiger partial charge in [-0.1, -0.05) is 135 Å². The van der Waals surface area contributed by atoms with Crippen molar-refractivity contribution in [1.82, 2.24) is 0 Å². The van der Waals surface area contributed by atoms with Crippen LogP contribution in [-0.2, 0) is 28.4 Å². The molecule has 0 saturated carbocycles. The summed E-state index contributed by atoms with van der Waals surface area (Å²) in [6.45, 7) is 7.99. The van der Waals surface area contributed by atoms with E-state index < -0.39 is 11.9 Å². The van der Waals surface area contributed by atoms with E-state index in [-0.39, 0.29) is 48.9 Å². The number of hydrogen-bond donors (Lipinski definition) is 1. The molecule has 0 aromatic heterocycles. The van der Waals surface area contributed by atoms with E-state index in [9.17, 15) is 14.4 Å². The van der Waals surface area contributed by atoms with Crippen LogP contribution in [0.3, 0.4) is 0 Å². The molecule has 0 saturated heterocycles. The molecule has 0 aliphatic heterocycles. The van der Waals surface area contributed by atoms with E-state index in [0.717, 1.165) is 18.5 Å². The molecule has 2 aromatic rings. The first-order valence-corrected chi connectivity index (χ1v) is 22.6. The Morgan fingerprint density at radius 1 is 0.414 bits per heavy atom. The lowest BCUT2D eigenvalue weighted by atomic mass is 9.98. The lowest BCUT2D eigenvalue weighted by Gasteiger charge is -2.12. The van der Waals surface area contributed by atoms with Crippen molar-refractivity contribution in [2.45, 2.75) is 142 Å². The second-order valence-electron chi connectivity index (χ2n) is 15.0. The maximum absolute atomic E-state index is 13.3. The number of benzene rings is 2. The Kier molecular flexibility index (Phi) is 31.2. The Hall–Kier alpha value is -3.31. The highest BCUT2D eigenvalue weighted by atomic mass is 16.6. The highest BCUT2D eigenvalue weighted by molar-refractivity contribution is 6.12. The van der Waals surface area contributed by atoms with Gasteiger partial charge in [0.2, 0.25) is 0 Å². The molecule has 58 heavy (non-hydrogen) atoms. The Morgan fingerprint density at radius 2 is 0.776 bits per heavy atom. The molecule has 2 aromatic carbocycles. The average molecular weight is 812 g/mol. The highest BCUT2D eigenvalue weighted by Crippen LogP contribution is 2.20. The molecule has 0 unspecified atom stereocenters. The predicted molar refractivity (Wildman–Crippen MR) is 233 cm³/mol. The first kappa shape index (κ1) is 50.8. The fourth-order valence-corrected chi connectivity index (χ4v) is 6.56. The van der Waals surface area contributed by atoms with Gasteiger partial charge in [-0.15, -0.1) is 0 Å². The van der Waals surface area contributed by atoms with Crippen molar-refractivity contribution in [2.75, 3.05) is 78.4 Å². The van der Waals surface area contributed by atoms with Crippen LogP contribution in [0.2, 0.25) is 0 Å². The van der Waals surface area contributed by atoms with Crippen LogP contribution < -0.4 is 5.32 Å². The van der Waals surface area contributed by atoms with E-state index in [4.69, 9.17) is 28.4 Å². The van der Waals surface area contributed by atoms with Gasteiger partial charge in [0.15, 0.2) is 5.78 Å². The minimum atomic E-state index is -0.747. The Labute approximate surface area is 350 Å². The van der Waals surface area contributed by atoms with Crippen LogP contribution in [0.1, 0.15) is 179 Å². The molecule has 0 heterocycles. The SMILES string of the molecule is CCCCCCCCCCCCOCCOCCOC(=O)c1ccc(C(=O)c2ccc(NC)cc2)cc1C(=O)OCCOCCOCCCCCCCCCCCC. The number of carbonyl (C=O) groups is 3. The van der Waals surface area contributed by atoms with E-state index in [0.29, 0.717) is 45.2 Å². The lowest BCUT2D eigenvalue weighted by molar-refractivity contribution is 0.0119. The van der Waals surface area contributed by atoms with E-state index in [1.54, 1.807) is 31.3 Å². The quantitative estimate of drug-likeness (QED) is 0.0397. The van der Waals surface area contributed by atoms with Crippen molar-refractivity contribution in [3.05, 3.63) is 64.7 Å². The van der Waals surface area contributed by atoms with Crippen molar-refractivity contribution in [2.24, 2.45) is 0 Å². The van der Waals surface area contributed by atoms with Gasteiger partial charge in [0.05, 0.1) is 50.8 Å². The number of esters is 2. The third-order valence-corrected chi connectivity index (χ3v) is 10.1. The summed E-state index contributed by atoms with van der Waals surface area (Å²) in [4.78, 5) is 39.8. The van der Waals surface area contributed by atoms with Crippen molar-refractivity contribution >= 4 is 23.4 Å². The molecule has 0 amide bonds. The van der Waals surface area contributed by atoms with Crippen LogP contribution in [0.4, 0.5) is 5.69 Å². The average Bonchev–Trinajstić information content (AvgIpc) is 3.25. The van der Waals surface area contributed by atoms with Crippen LogP contribution in [0.25, 0.3) is 0 Å². The van der Waals surface area contributed by atoms with E-state index in [2.05, 4.69) is 19.2 Å². The van der Waals surface area contributed by atoms with Crippen LogP contribution in [0, 0.1) is 0 Å². The van der Waals surface area contributed by atoms with Crippen LogP contribution >= 0.6 is 0 Å². The first-order valence-electron chi connectivity index (χ1n) is 22.6. The molecular weight excluding hydrogens is 735 g/mol. The maximum atomic E-state index is 13.3. The number of ketones is 1. The number of carbonyl (C=O) groups excluding carboxylic acids is 3. The van der Waals surface area contributed by atoms with Crippen molar-refractivity contribution in [3.8, 4) is 0 Å². The molecule has 0 spiro atoms. The minimum Gasteiger partial charge on any atom is -0.460 e. The van der Waals surface area contributed by atoms with Crippen LogP contribution in [0.5, 0.6) is 0 Å². The number of unbranched alkanes of at least 4 members (excludes halogenated alkanes) is 18. The molecule has 0 aliphatic rings. The molecule has 10 heteroatoms. The Morgan fingerprint density at radius 3 is 1.21 bits per heavy atom. The second kappa shape index (κ2) is 35.6.